The van der Waals surface area contributed by atoms with Crippen LogP contribution in [0.2, 0.25) is 0 Å². The summed E-state index contributed by atoms with van der Waals surface area (Å²) in [5, 5.41) is 3.72. The zero-order chi connectivity index (χ0) is 19.3. The van der Waals surface area contributed by atoms with Gasteiger partial charge >= 0.3 is 0 Å². The van der Waals surface area contributed by atoms with Crippen molar-refractivity contribution in [2.45, 2.75) is 57.1 Å². The van der Waals surface area contributed by atoms with Crippen molar-refractivity contribution in [3.8, 4) is 5.75 Å². The van der Waals surface area contributed by atoms with Gasteiger partial charge in [0.15, 0.2) is 0 Å². The van der Waals surface area contributed by atoms with Gasteiger partial charge in [0.1, 0.15) is 5.75 Å². The summed E-state index contributed by atoms with van der Waals surface area (Å²) in [5.41, 5.74) is 2.84. The minimum atomic E-state index is -0.0737. The number of benzene rings is 2. The zero-order valence-corrected chi connectivity index (χ0v) is 17.1. The van der Waals surface area contributed by atoms with Gasteiger partial charge in [-0.15, -0.1) is 0 Å². The van der Waals surface area contributed by atoms with Crippen molar-refractivity contribution in [1.82, 2.24) is 5.32 Å². The van der Waals surface area contributed by atoms with Crippen molar-refractivity contribution >= 4 is 0 Å². The van der Waals surface area contributed by atoms with Gasteiger partial charge in [0.2, 0.25) is 0 Å². The number of ether oxygens (including phenoxy) is 2. The molecule has 1 aliphatic heterocycles. The van der Waals surface area contributed by atoms with E-state index in [1.54, 1.807) is 7.11 Å². The normalized spacial score (nSPS) is 23.0. The van der Waals surface area contributed by atoms with E-state index in [1.165, 1.54) is 11.1 Å². The second-order valence-electron chi connectivity index (χ2n) is 8.38. The molecule has 1 saturated heterocycles. The summed E-state index contributed by atoms with van der Waals surface area (Å²) < 4.78 is 11.3. The molecule has 2 atom stereocenters. The molecular weight excluding hydrogens is 334 g/mol. The largest absolute Gasteiger partial charge is 0.497 e. The van der Waals surface area contributed by atoms with Crippen LogP contribution >= 0.6 is 0 Å². The van der Waals surface area contributed by atoms with Crippen LogP contribution in [-0.2, 0) is 10.2 Å². The summed E-state index contributed by atoms with van der Waals surface area (Å²) in [7, 11) is 1.70. The molecule has 0 bridgehead atoms. The molecule has 0 saturated carbocycles. The van der Waals surface area contributed by atoms with Gasteiger partial charge in [0.05, 0.1) is 12.7 Å². The van der Waals surface area contributed by atoms with Gasteiger partial charge in [0.25, 0.3) is 0 Å². The fourth-order valence-electron chi connectivity index (χ4n) is 4.41. The third kappa shape index (κ3) is 4.91. The Morgan fingerprint density at radius 1 is 1.07 bits per heavy atom. The topological polar surface area (TPSA) is 30.5 Å². The first-order chi connectivity index (χ1) is 12.9. The van der Waals surface area contributed by atoms with Crippen molar-refractivity contribution in [3.63, 3.8) is 0 Å². The minimum Gasteiger partial charge on any atom is -0.497 e. The van der Waals surface area contributed by atoms with Gasteiger partial charge in [0, 0.05) is 18.1 Å². The van der Waals surface area contributed by atoms with Crippen molar-refractivity contribution in [3.05, 3.63) is 65.7 Å². The van der Waals surface area contributed by atoms with E-state index < -0.39 is 0 Å². The van der Waals surface area contributed by atoms with Crippen LogP contribution in [0, 0.1) is 0 Å². The Morgan fingerprint density at radius 2 is 1.78 bits per heavy atom. The van der Waals surface area contributed by atoms with Crippen LogP contribution in [0.15, 0.2) is 54.6 Å². The van der Waals surface area contributed by atoms with E-state index in [4.69, 9.17) is 9.47 Å². The summed E-state index contributed by atoms with van der Waals surface area (Å²) in [6.07, 6.45) is 3.26. The summed E-state index contributed by atoms with van der Waals surface area (Å²) in [5.74, 6) is 0.901. The molecule has 27 heavy (non-hydrogen) atoms. The Labute approximate surface area is 164 Å². The van der Waals surface area contributed by atoms with Crippen LogP contribution in [0.3, 0.4) is 0 Å². The molecule has 1 aliphatic rings. The first-order valence-corrected chi connectivity index (χ1v) is 10.0. The van der Waals surface area contributed by atoms with Crippen LogP contribution in [0.5, 0.6) is 5.75 Å². The second kappa shape index (κ2) is 8.45. The molecule has 1 N–H and O–H groups in total. The molecule has 0 spiro atoms. The van der Waals surface area contributed by atoms with Gasteiger partial charge in [-0.05, 0) is 69.8 Å². The smallest absolute Gasteiger partial charge is 0.118 e. The maximum atomic E-state index is 6.03. The molecule has 3 rings (SSSR count). The number of rotatable bonds is 7. The van der Waals surface area contributed by atoms with E-state index in [2.05, 4.69) is 68.6 Å². The standard InChI is InChI=1S/C24H33NO2/c1-19(20-10-12-22(26-4)13-11-20)25-16-14-24(21-8-6-5-7-9-21)15-17-27-23(2,3)18-24/h5-13,19,25H,14-18H2,1-4H3/t19-,24+/m1/s1. The van der Waals surface area contributed by atoms with E-state index in [9.17, 15) is 0 Å². The highest BCUT2D eigenvalue weighted by atomic mass is 16.5. The molecule has 3 nitrogen and oxygen atoms in total. The van der Waals surface area contributed by atoms with Gasteiger partial charge in [-0.3, -0.25) is 0 Å². The quantitative estimate of drug-likeness (QED) is 0.724. The number of hydrogen-bond donors (Lipinski definition) is 1. The molecule has 3 heteroatoms. The third-order valence-electron chi connectivity index (χ3n) is 5.89. The maximum absolute atomic E-state index is 6.03. The fraction of sp³-hybridized carbons (Fsp3) is 0.500. The second-order valence-corrected chi connectivity index (χ2v) is 8.38. The predicted molar refractivity (Wildman–Crippen MR) is 111 cm³/mol. The van der Waals surface area contributed by atoms with E-state index in [-0.39, 0.29) is 11.0 Å². The van der Waals surface area contributed by atoms with Crippen LogP contribution in [0.25, 0.3) is 0 Å². The number of hydrogen-bond acceptors (Lipinski definition) is 3. The van der Waals surface area contributed by atoms with Gasteiger partial charge in [-0.2, -0.15) is 0 Å². The first kappa shape index (κ1) is 19.9. The van der Waals surface area contributed by atoms with Crippen LogP contribution < -0.4 is 10.1 Å². The lowest BCUT2D eigenvalue weighted by atomic mass is 9.67. The average molecular weight is 368 g/mol. The average Bonchev–Trinajstić information content (AvgIpc) is 2.68. The Balaban J connectivity index is 1.68. The van der Waals surface area contributed by atoms with Crippen molar-refractivity contribution in [1.29, 1.82) is 0 Å². The Bertz CT molecular complexity index is 711. The summed E-state index contributed by atoms with van der Waals surface area (Å²) in [6.45, 7) is 8.48. The molecule has 2 aromatic rings. The Morgan fingerprint density at radius 3 is 2.41 bits per heavy atom. The minimum absolute atomic E-state index is 0.0737. The molecular formula is C24H33NO2. The Hall–Kier alpha value is -1.84. The van der Waals surface area contributed by atoms with Crippen molar-refractivity contribution < 1.29 is 9.47 Å². The van der Waals surface area contributed by atoms with Gasteiger partial charge in [-0.25, -0.2) is 0 Å². The van der Waals surface area contributed by atoms with Crippen LogP contribution in [0.4, 0.5) is 0 Å². The maximum Gasteiger partial charge on any atom is 0.118 e. The lowest BCUT2D eigenvalue weighted by Crippen LogP contribution is -2.45. The molecule has 0 aromatic heterocycles. The fourth-order valence-corrected chi connectivity index (χ4v) is 4.41. The van der Waals surface area contributed by atoms with Crippen molar-refractivity contribution in [2.24, 2.45) is 0 Å². The van der Waals surface area contributed by atoms with E-state index in [0.29, 0.717) is 6.04 Å². The molecule has 0 unspecified atom stereocenters. The molecule has 1 heterocycles. The first-order valence-electron chi connectivity index (χ1n) is 10.0. The van der Waals surface area contributed by atoms with Crippen LogP contribution in [0.1, 0.15) is 57.2 Å². The van der Waals surface area contributed by atoms with Crippen LogP contribution in [-0.4, -0.2) is 25.9 Å². The van der Waals surface area contributed by atoms with E-state index >= 15 is 0 Å². The van der Waals surface area contributed by atoms with E-state index in [0.717, 1.165) is 38.2 Å². The molecule has 0 aliphatic carbocycles. The lowest BCUT2D eigenvalue weighted by Gasteiger charge is -2.45. The summed E-state index contributed by atoms with van der Waals surface area (Å²) in [4.78, 5) is 0. The molecule has 1 fully saturated rings. The highest BCUT2D eigenvalue weighted by Gasteiger charge is 2.41. The molecule has 0 amide bonds. The number of methoxy groups -OCH3 is 1. The molecule has 0 radical (unpaired) electrons. The highest BCUT2D eigenvalue weighted by molar-refractivity contribution is 5.29. The van der Waals surface area contributed by atoms with Gasteiger partial charge < -0.3 is 14.8 Å². The summed E-state index contributed by atoms with van der Waals surface area (Å²) in [6, 6.07) is 19.6. The molecule has 146 valence electrons. The Kier molecular flexibility index (Phi) is 6.23. The lowest BCUT2D eigenvalue weighted by molar-refractivity contribution is -0.0840. The van der Waals surface area contributed by atoms with E-state index in [1.807, 2.05) is 12.1 Å². The highest BCUT2D eigenvalue weighted by Crippen LogP contribution is 2.43. The monoisotopic (exact) mass is 367 g/mol. The SMILES string of the molecule is COc1ccc([C@@H](C)NCC[C@]2(c3ccccc3)CCOC(C)(C)C2)cc1. The van der Waals surface area contributed by atoms with Gasteiger partial charge in [-0.1, -0.05) is 42.5 Å². The zero-order valence-electron chi connectivity index (χ0n) is 17.1. The third-order valence-corrected chi connectivity index (χ3v) is 5.89. The van der Waals surface area contributed by atoms with Crippen molar-refractivity contribution in [2.75, 3.05) is 20.3 Å². The molecule has 2 aromatic carbocycles. The number of nitrogens with one attached hydrogen (secondary N) is 1. The predicted octanol–water partition coefficient (Wildman–Crippen LogP) is 5.26. The summed E-state index contributed by atoms with van der Waals surface area (Å²) >= 11 is 0.